The number of hydrogen-bond donors (Lipinski definition) is 1. The number of hydrogen-bond acceptors (Lipinski definition) is 1. The van der Waals surface area contributed by atoms with Gasteiger partial charge in [-0.05, 0) is 43.7 Å². The van der Waals surface area contributed by atoms with E-state index in [-0.39, 0.29) is 0 Å². The van der Waals surface area contributed by atoms with Crippen LogP contribution in [-0.2, 0) is 6.42 Å². The molecule has 2 fully saturated rings. The largest absolute Gasteiger partial charge is 0.310 e. The SMILES string of the molecule is [CH]1C2CCC1(Cc1ccccc1)NC2. The van der Waals surface area contributed by atoms with Crippen LogP contribution in [0.5, 0.6) is 0 Å². The van der Waals surface area contributed by atoms with E-state index in [1.165, 1.54) is 31.4 Å². The Kier molecular flexibility index (Phi) is 1.88. The fraction of sp³-hybridized carbons (Fsp3) is 0.462. The Morgan fingerprint density at radius 2 is 2.14 bits per heavy atom. The molecular formula is C13H16N. The fourth-order valence-corrected chi connectivity index (χ4v) is 2.87. The summed E-state index contributed by atoms with van der Waals surface area (Å²) < 4.78 is 0. The zero-order valence-corrected chi connectivity index (χ0v) is 8.37. The van der Waals surface area contributed by atoms with Crippen LogP contribution in [0.4, 0.5) is 0 Å². The summed E-state index contributed by atoms with van der Waals surface area (Å²) in [6.07, 6.45) is 6.43. The number of nitrogens with one attached hydrogen (secondary N) is 1. The Hall–Kier alpha value is -0.820. The summed E-state index contributed by atoms with van der Waals surface area (Å²) in [6, 6.07) is 10.8. The number of benzene rings is 1. The van der Waals surface area contributed by atoms with Crippen LogP contribution in [0.3, 0.4) is 0 Å². The van der Waals surface area contributed by atoms with Gasteiger partial charge in [-0.15, -0.1) is 0 Å². The maximum absolute atomic E-state index is 3.66. The van der Waals surface area contributed by atoms with Crippen LogP contribution in [0.15, 0.2) is 30.3 Å². The van der Waals surface area contributed by atoms with Crippen molar-refractivity contribution in [2.75, 3.05) is 6.54 Å². The Bertz CT molecular complexity index is 309. The summed E-state index contributed by atoms with van der Waals surface area (Å²) in [5.74, 6) is 0.846. The van der Waals surface area contributed by atoms with Gasteiger partial charge in [-0.1, -0.05) is 30.3 Å². The van der Waals surface area contributed by atoms with Gasteiger partial charge in [-0.2, -0.15) is 0 Å². The quantitative estimate of drug-likeness (QED) is 0.746. The number of rotatable bonds is 2. The third kappa shape index (κ3) is 1.36. The monoisotopic (exact) mass is 186 g/mol. The third-order valence-corrected chi connectivity index (χ3v) is 3.59. The molecule has 2 aliphatic rings. The second kappa shape index (κ2) is 3.09. The number of piperidine rings is 1. The molecule has 0 amide bonds. The summed E-state index contributed by atoms with van der Waals surface area (Å²) in [4.78, 5) is 0. The van der Waals surface area contributed by atoms with Crippen molar-refractivity contribution in [3.8, 4) is 0 Å². The molecule has 1 aliphatic carbocycles. The van der Waals surface area contributed by atoms with Crippen molar-refractivity contribution in [2.24, 2.45) is 5.92 Å². The van der Waals surface area contributed by atoms with Crippen molar-refractivity contribution in [3.05, 3.63) is 42.3 Å². The Morgan fingerprint density at radius 1 is 1.29 bits per heavy atom. The average molecular weight is 186 g/mol. The third-order valence-electron chi connectivity index (χ3n) is 3.59. The maximum atomic E-state index is 3.66. The molecule has 1 saturated carbocycles. The van der Waals surface area contributed by atoms with Gasteiger partial charge in [0, 0.05) is 5.54 Å². The van der Waals surface area contributed by atoms with Crippen molar-refractivity contribution in [3.63, 3.8) is 0 Å². The standard InChI is InChI=1S/C13H16N/c1-2-4-11(5-3-1)8-13-7-6-12(9-13)10-14-13/h1-5,9,12,14H,6-8,10H2. The van der Waals surface area contributed by atoms with Crippen molar-refractivity contribution in [1.82, 2.24) is 5.32 Å². The summed E-state index contributed by atoms with van der Waals surface area (Å²) in [5.41, 5.74) is 1.80. The summed E-state index contributed by atoms with van der Waals surface area (Å²) >= 11 is 0. The van der Waals surface area contributed by atoms with E-state index in [0.29, 0.717) is 5.54 Å². The first kappa shape index (κ1) is 8.49. The van der Waals surface area contributed by atoms with Gasteiger partial charge in [-0.3, -0.25) is 0 Å². The molecule has 14 heavy (non-hydrogen) atoms. The molecule has 1 aromatic rings. The molecule has 1 nitrogen and oxygen atoms in total. The molecule has 1 saturated heterocycles. The van der Waals surface area contributed by atoms with Crippen LogP contribution in [0, 0.1) is 12.3 Å². The molecule has 1 aromatic carbocycles. The van der Waals surface area contributed by atoms with E-state index in [9.17, 15) is 0 Å². The van der Waals surface area contributed by atoms with E-state index >= 15 is 0 Å². The molecule has 0 spiro atoms. The van der Waals surface area contributed by atoms with Crippen molar-refractivity contribution < 1.29 is 0 Å². The maximum Gasteiger partial charge on any atom is 0.0256 e. The van der Waals surface area contributed by atoms with E-state index in [1.54, 1.807) is 0 Å². The zero-order valence-electron chi connectivity index (χ0n) is 8.37. The fourth-order valence-electron chi connectivity index (χ4n) is 2.87. The van der Waals surface area contributed by atoms with Crippen LogP contribution in [-0.4, -0.2) is 12.1 Å². The van der Waals surface area contributed by atoms with Crippen LogP contribution in [0.2, 0.25) is 0 Å². The summed E-state index contributed by atoms with van der Waals surface area (Å²) in [6.45, 7) is 1.20. The summed E-state index contributed by atoms with van der Waals surface area (Å²) in [7, 11) is 0. The molecule has 3 rings (SSSR count). The lowest BCUT2D eigenvalue weighted by Gasteiger charge is -2.27. The van der Waals surface area contributed by atoms with E-state index in [0.717, 1.165) is 5.92 Å². The smallest absolute Gasteiger partial charge is 0.0256 e. The molecule has 73 valence electrons. The van der Waals surface area contributed by atoms with E-state index in [4.69, 9.17) is 0 Å². The van der Waals surface area contributed by atoms with Crippen LogP contribution in [0.25, 0.3) is 0 Å². The summed E-state index contributed by atoms with van der Waals surface area (Å²) in [5, 5.41) is 3.66. The molecule has 1 heterocycles. The molecule has 2 atom stereocenters. The average Bonchev–Trinajstić information content (AvgIpc) is 2.78. The first-order valence-electron chi connectivity index (χ1n) is 5.51. The Labute approximate surface area is 85.5 Å². The van der Waals surface area contributed by atoms with Crippen LogP contribution < -0.4 is 5.32 Å². The minimum Gasteiger partial charge on any atom is -0.310 e. The minimum absolute atomic E-state index is 0.339. The lowest BCUT2D eigenvalue weighted by molar-refractivity contribution is 0.376. The minimum atomic E-state index is 0.339. The lowest BCUT2D eigenvalue weighted by atomic mass is 9.90. The molecule has 1 N–H and O–H groups in total. The van der Waals surface area contributed by atoms with Crippen LogP contribution >= 0.6 is 0 Å². The zero-order chi connectivity index (χ0) is 9.43. The van der Waals surface area contributed by atoms with E-state index in [2.05, 4.69) is 42.1 Å². The van der Waals surface area contributed by atoms with Crippen molar-refractivity contribution in [1.29, 1.82) is 0 Å². The molecule has 2 bridgehead atoms. The second-order valence-electron chi connectivity index (χ2n) is 4.66. The molecule has 0 aromatic heterocycles. The predicted octanol–water partition coefficient (Wildman–Crippen LogP) is 2.19. The first-order chi connectivity index (χ1) is 6.86. The van der Waals surface area contributed by atoms with Gasteiger partial charge < -0.3 is 5.32 Å². The van der Waals surface area contributed by atoms with Gasteiger partial charge >= 0.3 is 0 Å². The van der Waals surface area contributed by atoms with Gasteiger partial charge in [0.1, 0.15) is 0 Å². The molecule has 2 unspecified atom stereocenters. The Morgan fingerprint density at radius 3 is 2.71 bits per heavy atom. The molecule has 1 heteroatoms. The second-order valence-corrected chi connectivity index (χ2v) is 4.66. The van der Waals surface area contributed by atoms with Gasteiger partial charge in [0.2, 0.25) is 0 Å². The molecule has 1 aliphatic heterocycles. The van der Waals surface area contributed by atoms with Crippen molar-refractivity contribution in [2.45, 2.75) is 24.8 Å². The predicted molar refractivity (Wildman–Crippen MR) is 57.9 cm³/mol. The Balaban J connectivity index is 1.78. The normalized spacial score (nSPS) is 35.0. The number of fused-ring (bicyclic) bond motifs is 2. The van der Waals surface area contributed by atoms with Gasteiger partial charge in [0.25, 0.3) is 0 Å². The van der Waals surface area contributed by atoms with Gasteiger partial charge in [-0.25, -0.2) is 0 Å². The molecule has 1 radical (unpaired) electrons. The van der Waals surface area contributed by atoms with Gasteiger partial charge in [0.05, 0.1) is 0 Å². The highest BCUT2D eigenvalue weighted by molar-refractivity contribution is 5.24. The van der Waals surface area contributed by atoms with Crippen molar-refractivity contribution >= 4 is 0 Å². The van der Waals surface area contributed by atoms with Gasteiger partial charge in [0.15, 0.2) is 0 Å². The lowest BCUT2D eigenvalue weighted by Crippen LogP contribution is -2.42. The highest BCUT2D eigenvalue weighted by Gasteiger charge is 2.44. The topological polar surface area (TPSA) is 12.0 Å². The van der Waals surface area contributed by atoms with Crippen LogP contribution in [0.1, 0.15) is 18.4 Å². The van der Waals surface area contributed by atoms with E-state index in [1.807, 2.05) is 0 Å². The highest BCUT2D eigenvalue weighted by atomic mass is 15.0. The highest BCUT2D eigenvalue weighted by Crippen LogP contribution is 2.40. The molecular weight excluding hydrogens is 170 g/mol. The first-order valence-corrected chi connectivity index (χ1v) is 5.51. The van der Waals surface area contributed by atoms with E-state index < -0.39 is 0 Å².